The minimum atomic E-state index is -4.20. The van der Waals surface area contributed by atoms with E-state index in [1.54, 1.807) is 25.3 Å². The molecule has 2 aromatic rings. The van der Waals surface area contributed by atoms with Crippen molar-refractivity contribution in [1.29, 1.82) is 0 Å². The summed E-state index contributed by atoms with van der Waals surface area (Å²) < 4.78 is 74.2. The first-order valence-electron chi connectivity index (χ1n) is 20.9. The number of benzene rings is 1. The fourth-order valence-corrected chi connectivity index (χ4v) is 10.6. The van der Waals surface area contributed by atoms with Gasteiger partial charge in [0.2, 0.25) is 34.1 Å². The van der Waals surface area contributed by atoms with Crippen LogP contribution in [-0.2, 0) is 33.9 Å². The molecule has 16 heteroatoms. The first-order chi connectivity index (χ1) is 27.8. The summed E-state index contributed by atoms with van der Waals surface area (Å²) in [7, 11) is -2.65. The molecule has 4 saturated carbocycles. The number of nitrogens with one attached hydrogen (secondary N) is 1. The number of Topliss-reactive ketones (excluding diaryl/α,β-unsaturated/α-hetero) is 1. The summed E-state index contributed by atoms with van der Waals surface area (Å²) in [6, 6.07) is 4.10. The lowest BCUT2D eigenvalue weighted by Crippen LogP contribution is -2.50. The zero-order valence-corrected chi connectivity index (χ0v) is 35.1. The van der Waals surface area contributed by atoms with Crippen LogP contribution in [0.1, 0.15) is 104 Å². The average Bonchev–Trinajstić information content (AvgIpc) is 3.97. The third-order valence-corrected chi connectivity index (χ3v) is 15.9. The van der Waals surface area contributed by atoms with Crippen LogP contribution in [0.5, 0.6) is 11.6 Å². The predicted molar refractivity (Wildman–Crippen MR) is 212 cm³/mol. The number of carbonyl (C=O) groups is 4. The summed E-state index contributed by atoms with van der Waals surface area (Å²) in [5, 5.41) is 0. The second-order valence-electron chi connectivity index (χ2n) is 19.1. The minimum absolute atomic E-state index is 0.0894. The minimum Gasteiger partial charge on any atom is -0.497 e. The summed E-state index contributed by atoms with van der Waals surface area (Å²) in [5.41, 5.74) is -1.19. The van der Waals surface area contributed by atoms with Crippen LogP contribution >= 0.6 is 0 Å². The van der Waals surface area contributed by atoms with Crippen molar-refractivity contribution < 1.29 is 50.6 Å². The van der Waals surface area contributed by atoms with Crippen molar-refractivity contribution in [3.63, 3.8) is 0 Å². The number of halogens is 2. The molecule has 5 fully saturated rings. The highest BCUT2D eigenvalue weighted by atomic mass is 32.2. The van der Waals surface area contributed by atoms with E-state index in [0.717, 1.165) is 25.7 Å². The smallest absolute Gasteiger partial charge is 0.306 e. The average molecular weight is 841 g/mol. The summed E-state index contributed by atoms with van der Waals surface area (Å²) in [4.78, 5) is 68.5. The Bertz CT molecular complexity index is 2190. The molecule has 13 nitrogen and oxygen atoms in total. The van der Waals surface area contributed by atoms with Gasteiger partial charge < -0.3 is 19.1 Å². The van der Waals surface area contributed by atoms with E-state index in [-0.39, 0.29) is 43.2 Å². The Balaban J connectivity index is 1.19. The van der Waals surface area contributed by atoms with E-state index >= 15 is 4.79 Å². The highest BCUT2D eigenvalue weighted by molar-refractivity contribution is 7.91. The molecule has 0 radical (unpaired) electrons. The molecule has 1 saturated heterocycles. The molecule has 8 atom stereocenters. The number of aromatic nitrogens is 2. The second kappa shape index (κ2) is 15.1. The monoisotopic (exact) mass is 840 g/mol. The number of hydrogen-bond acceptors (Lipinski definition) is 11. The van der Waals surface area contributed by atoms with Gasteiger partial charge >= 0.3 is 5.97 Å². The van der Waals surface area contributed by atoms with E-state index in [9.17, 15) is 31.6 Å². The number of allylic oxidation sites excluding steroid dienone is 1. The number of amides is 2. The van der Waals surface area contributed by atoms with Crippen LogP contribution in [-0.4, -0.2) is 89.9 Å². The van der Waals surface area contributed by atoms with E-state index in [1.165, 1.54) is 11.8 Å². The highest BCUT2D eigenvalue weighted by Gasteiger charge is 2.67. The number of carbonyl (C=O) groups excluding carboxylic acids is 4. The van der Waals surface area contributed by atoms with Crippen molar-refractivity contribution >= 4 is 50.7 Å². The molecular weight excluding hydrogens is 787 g/mol. The van der Waals surface area contributed by atoms with Crippen molar-refractivity contribution in [2.75, 3.05) is 13.7 Å². The number of nitrogens with zero attached hydrogens (tertiary/aromatic N) is 3. The van der Waals surface area contributed by atoms with Gasteiger partial charge in [-0.2, -0.15) is 0 Å². The van der Waals surface area contributed by atoms with E-state index in [2.05, 4.69) is 4.72 Å². The van der Waals surface area contributed by atoms with Gasteiger partial charge in [0.25, 0.3) is 0 Å². The third-order valence-electron chi connectivity index (χ3n) is 13.7. The SMILES string of the molecule is COc1ccc2nc3c(nc2c1)O[C@H]1CN(C(=O)[C@H](C(C)(C)C)CC(=O)O[C@@H]2C[C@H]2CCC/C=C/3)[C@H](C(=O)C[C@]2(C(=O)NS(=O)(=O)C3(C)CC3)C[C@H]2C(F)F)[C@@H]1C1CC1. The van der Waals surface area contributed by atoms with Gasteiger partial charge in [-0.1, -0.05) is 26.8 Å². The van der Waals surface area contributed by atoms with Gasteiger partial charge in [0.15, 0.2) is 5.78 Å². The Labute approximate surface area is 343 Å². The Morgan fingerprint density at radius 2 is 1.80 bits per heavy atom. The molecule has 4 aliphatic carbocycles. The highest BCUT2D eigenvalue weighted by Crippen LogP contribution is 2.60. The van der Waals surface area contributed by atoms with Crippen molar-refractivity contribution in [3.8, 4) is 11.6 Å². The molecule has 1 N–H and O–H groups in total. The molecule has 320 valence electrons. The molecule has 1 aromatic heterocycles. The lowest BCUT2D eigenvalue weighted by Gasteiger charge is -2.35. The van der Waals surface area contributed by atoms with Crippen LogP contribution in [0, 0.1) is 40.4 Å². The van der Waals surface area contributed by atoms with Gasteiger partial charge in [-0.15, -0.1) is 0 Å². The van der Waals surface area contributed by atoms with Crippen LogP contribution in [0.2, 0.25) is 0 Å². The van der Waals surface area contributed by atoms with Crippen molar-refractivity contribution in [3.05, 3.63) is 30.0 Å². The molecule has 1 aromatic carbocycles. The number of fused-ring (bicyclic) bond motifs is 5. The molecule has 2 aliphatic heterocycles. The maximum absolute atomic E-state index is 15.0. The molecule has 3 heterocycles. The number of ketones is 1. The molecule has 0 unspecified atom stereocenters. The van der Waals surface area contributed by atoms with E-state index in [0.29, 0.717) is 48.2 Å². The molecule has 59 heavy (non-hydrogen) atoms. The zero-order valence-electron chi connectivity index (χ0n) is 34.2. The number of rotatable bonds is 9. The van der Waals surface area contributed by atoms with Gasteiger partial charge in [-0.25, -0.2) is 27.2 Å². The standard InChI is InChI=1S/C43H54F2N4O9S/c1-41(2,3)26-19-34(51)57-32-17-24(32)9-7-6-8-10-29-38(47-30-18-25(56-5)13-14-28(30)46-29)58-33-22-49(39(26)52)36(35(33)23-11-12-23)31(50)21-43(20-27(43)37(44)45)40(53)48-59(54,55)42(4)15-16-42/h8,10,13-14,18,23-24,26-27,32-33,35-37H,6-7,9,11-12,15-17,19-22H2,1-5H3,(H,48,53)/b10-8+/t24-,26-,27+,32-,33+,35-,36-,43-/m1/s1. The van der Waals surface area contributed by atoms with Gasteiger partial charge in [0.1, 0.15) is 23.7 Å². The summed E-state index contributed by atoms with van der Waals surface area (Å²) in [6.07, 6.45) is 3.74. The van der Waals surface area contributed by atoms with E-state index in [1.807, 2.05) is 32.9 Å². The van der Waals surface area contributed by atoms with Crippen LogP contribution in [0.25, 0.3) is 17.1 Å². The topological polar surface area (TPSA) is 171 Å². The number of esters is 1. The molecule has 8 rings (SSSR count). The predicted octanol–water partition coefficient (Wildman–Crippen LogP) is 6.03. The van der Waals surface area contributed by atoms with Crippen molar-refractivity contribution in [2.45, 2.75) is 128 Å². The Hall–Kier alpha value is -4.21. The summed E-state index contributed by atoms with van der Waals surface area (Å²) in [6.45, 7) is 6.90. The van der Waals surface area contributed by atoms with E-state index in [4.69, 9.17) is 24.2 Å². The normalized spacial score (nSPS) is 32.5. The van der Waals surface area contributed by atoms with Crippen LogP contribution in [0.15, 0.2) is 24.3 Å². The van der Waals surface area contributed by atoms with Gasteiger partial charge in [-0.3, -0.25) is 23.9 Å². The number of ether oxygens (including phenoxy) is 3. The lowest BCUT2D eigenvalue weighted by atomic mass is 9.77. The van der Waals surface area contributed by atoms with Crippen LogP contribution in [0.3, 0.4) is 0 Å². The maximum Gasteiger partial charge on any atom is 0.306 e. The summed E-state index contributed by atoms with van der Waals surface area (Å²) >= 11 is 0. The Morgan fingerprint density at radius 1 is 1.05 bits per heavy atom. The van der Waals surface area contributed by atoms with Gasteiger partial charge in [0, 0.05) is 24.3 Å². The molecule has 2 bridgehead atoms. The summed E-state index contributed by atoms with van der Waals surface area (Å²) in [5.74, 6) is -4.99. The number of alkyl halides is 2. The fourth-order valence-electron chi connectivity index (χ4n) is 9.24. The maximum atomic E-state index is 15.0. The van der Waals surface area contributed by atoms with Gasteiger partial charge in [0.05, 0.1) is 53.2 Å². The molecule has 0 spiro atoms. The Kier molecular flexibility index (Phi) is 10.6. The fraction of sp³-hybridized carbons (Fsp3) is 0.674. The second-order valence-corrected chi connectivity index (χ2v) is 21.3. The van der Waals surface area contributed by atoms with Crippen LogP contribution in [0.4, 0.5) is 8.78 Å². The van der Waals surface area contributed by atoms with Crippen LogP contribution < -0.4 is 14.2 Å². The number of sulfonamides is 1. The molecule has 2 amide bonds. The van der Waals surface area contributed by atoms with Crippen molar-refractivity contribution in [1.82, 2.24) is 19.6 Å². The lowest BCUT2D eigenvalue weighted by molar-refractivity contribution is -0.154. The zero-order chi connectivity index (χ0) is 42.2. The van der Waals surface area contributed by atoms with Crippen molar-refractivity contribution in [2.24, 2.45) is 40.4 Å². The Morgan fingerprint density at radius 3 is 2.44 bits per heavy atom. The first kappa shape index (κ1) is 41.5. The molecule has 6 aliphatic rings. The molecular formula is C43H54F2N4O9S. The first-order valence-corrected chi connectivity index (χ1v) is 22.4. The quantitative estimate of drug-likeness (QED) is 0.293. The number of methoxy groups -OCH3 is 1. The largest absolute Gasteiger partial charge is 0.497 e. The van der Waals surface area contributed by atoms with Gasteiger partial charge in [-0.05, 0) is 100 Å². The van der Waals surface area contributed by atoms with E-state index < -0.39 is 91.9 Å². The third kappa shape index (κ3) is 8.18. The number of hydrogen-bond donors (Lipinski definition) is 1.